The number of carbonyl (C=O) groups is 2. The third-order valence-electron chi connectivity index (χ3n) is 4.11. The second-order valence-corrected chi connectivity index (χ2v) is 6.80. The highest BCUT2D eigenvalue weighted by Crippen LogP contribution is 2.35. The molecule has 5 nitrogen and oxygen atoms in total. The summed E-state index contributed by atoms with van der Waals surface area (Å²) in [6, 6.07) is 11.7. The second kappa shape index (κ2) is 8.38. The van der Waals surface area contributed by atoms with Crippen LogP contribution in [0.3, 0.4) is 0 Å². The maximum absolute atomic E-state index is 12.6. The molecule has 2 aromatic carbocycles. The van der Waals surface area contributed by atoms with E-state index in [1.54, 1.807) is 13.2 Å². The van der Waals surface area contributed by atoms with Gasteiger partial charge in [-0.15, -0.1) is 0 Å². The first-order chi connectivity index (χ1) is 12.7. The van der Waals surface area contributed by atoms with E-state index in [0.29, 0.717) is 31.1 Å². The summed E-state index contributed by atoms with van der Waals surface area (Å²) in [5.41, 5.74) is 0.895. The minimum absolute atomic E-state index is 0.229. The van der Waals surface area contributed by atoms with Gasteiger partial charge in [-0.05, 0) is 48.2 Å². The van der Waals surface area contributed by atoms with Crippen molar-refractivity contribution in [3.63, 3.8) is 0 Å². The Labute approximate surface area is 157 Å². The molecular weight excluding hydrogens is 350 g/mol. The molecule has 0 atom stereocenters. The van der Waals surface area contributed by atoms with Gasteiger partial charge in [0.05, 0.1) is 11.5 Å². The predicted molar refractivity (Wildman–Crippen MR) is 104 cm³/mol. The summed E-state index contributed by atoms with van der Waals surface area (Å²) in [7, 11) is 1.60. The fraction of sp³-hybridized carbons (Fsp3) is 0.300. The monoisotopic (exact) mass is 371 g/mol. The van der Waals surface area contributed by atoms with Crippen LogP contribution >= 0.6 is 11.8 Å². The van der Waals surface area contributed by atoms with E-state index in [-0.39, 0.29) is 11.1 Å². The quantitative estimate of drug-likeness (QED) is 0.536. The molecule has 2 aromatic rings. The topological polar surface area (TPSA) is 55.8 Å². The Kier molecular flexibility index (Phi) is 5.96. The van der Waals surface area contributed by atoms with E-state index in [4.69, 9.17) is 9.47 Å². The number of nitrogens with zero attached hydrogens (tertiary/aromatic N) is 1. The molecular formula is C20H21NO4S. The molecule has 0 N–H and O–H groups in total. The summed E-state index contributed by atoms with van der Waals surface area (Å²) >= 11 is 0.984. The van der Waals surface area contributed by atoms with Gasteiger partial charge < -0.3 is 9.47 Å². The van der Waals surface area contributed by atoms with Crippen LogP contribution < -0.4 is 4.74 Å². The number of hydrogen-bond donors (Lipinski definition) is 0. The minimum atomic E-state index is -0.242. The molecule has 6 heteroatoms. The van der Waals surface area contributed by atoms with E-state index in [1.807, 2.05) is 43.3 Å². The fourth-order valence-electron chi connectivity index (χ4n) is 2.90. The molecule has 0 aliphatic carbocycles. The smallest absolute Gasteiger partial charge is 0.293 e. The number of fused-ring (bicyclic) bond motifs is 1. The van der Waals surface area contributed by atoms with Gasteiger partial charge in [0, 0.05) is 25.6 Å². The lowest BCUT2D eigenvalue weighted by Crippen LogP contribution is -2.29. The van der Waals surface area contributed by atoms with Gasteiger partial charge >= 0.3 is 0 Å². The number of imide groups is 1. The molecule has 136 valence electrons. The summed E-state index contributed by atoms with van der Waals surface area (Å²) in [4.78, 5) is 26.4. The van der Waals surface area contributed by atoms with Crippen molar-refractivity contribution >= 4 is 39.8 Å². The van der Waals surface area contributed by atoms with Crippen LogP contribution in [0.25, 0.3) is 16.8 Å². The van der Waals surface area contributed by atoms with Crippen molar-refractivity contribution in [1.82, 2.24) is 4.90 Å². The van der Waals surface area contributed by atoms with Crippen LogP contribution in [-0.4, -0.2) is 42.9 Å². The Morgan fingerprint density at radius 2 is 1.88 bits per heavy atom. The molecule has 1 saturated heterocycles. The minimum Gasteiger partial charge on any atom is -0.493 e. The molecule has 0 saturated carbocycles. The van der Waals surface area contributed by atoms with Crippen LogP contribution in [0.1, 0.15) is 18.9 Å². The lowest BCUT2D eigenvalue weighted by atomic mass is 10.0. The first-order valence-electron chi connectivity index (χ1n) is 8.54. The normalized spacial score (nSPS) is 16.1. The highest BCUT2D eigenvalue weighted by molar-refractivity contribution is 8.18. The van der Waals surface area contributed by atoms with Crippen LogP contribution in [0.15, 0.2) is 41.3 Å². The number of thioether (sulfide) groups is 1. The van der Waals surface area contributed by atoms with Gasteiger partial charge in [-0.3, -0.25) is 14.5 Å². The number of ether oxygens (including phenoxy) is 2. The molecule has 2 amide bonds. The first-order valence-corrected chi connectivity index (χ1v) is 9.36. The van der Waals surface area contributed by atoms with Crippen LogP contribution in [-0.2, 0) is 9.53 Å². The van der Waals surface area contributed by atoms with E-state index < -0.39 is 0 Å². The second-order valence-electron chi connectivity index (χ2n) is 5.81. The molecule has 0 spiro atoms. The van der Waals surface area contributed by atoms with E-state index >= 15 is 0 Å². The summed E-state index contributed by atoms with van der Waals surface area (Å²) < 4.78 is 10.7. The molecule has 1 aliphatic heterocycles. The maximum Gasteiger partial charge on any atom is 0.293 e. The van der Waals surface area contributed by atoms with E-state index in [2.05, 4.69) is 0 Å². The molecule has 3 rings (SSSR count). The maximum atomic E-state index is 12.6. The average molecular weight is 371 g/mol. The lowest BCUT2D eigenvalue weighted by molar-refractivity contribution is -0.122. The zero-order valence-electron chi connectivity index (χ0n) is 14.9. The summed E-state index contributed by atoms with van der Waals surface area (Å²) in [6.07, 6.45) is 2.42. The van der Waals surface area contributed by atoms with E-state index in [1.165, 1.54) is 4.90 Å². The number of carbonyl (C=O) groups excluding carboxylic acids is 2. The number of benzene rings is 2. The predicted octanol–water partition coefficient (Wildman–Crippen LogP) is 4.31. The summed E-state index contributed by atoms with van der Waals surface area (Å²) in [5.74, 6) is 0.571. The van der Waals surface area contributed by atoms with E-state index in [0.717, 1.165) is 33.8 Å². The number of methoxy groups -OCH3 is 1. The molecule has 0 radical (unpaired) electrons. The lowest BCUT2D eigenvalue weighted by Gasteiger charge is -2.11. The molecule has 26 heavy (non-hydrogen) atoms. The largest absolute Gasteiger partial charge is 0.493 e. The van der Waals surface area contributed by atoms with Crippen molar-refractivity contribution in [2.24, 2.45) is 0 Å². The van der Waals surface area contributed by atoms with Gasteiger partial charge in [0.1, 0.15) is 5.75 Å². The van der Waals surface area contributed by atoms with Gasteiger partial charge in [0.25, 0.3) is 11.1 Å². The number of hydrogen-bond acceptors (Lipinski definition) is 5. The Bertz CT molecular complexity index is 862. The van der Waals surface area contributed by atoms with Gasteiger partial charge in [-0.1, -0.05) is 30.3 Å². The highest BCUT2D eigenvalue weighted by Gasteiger charge is 2.34. The van der Waals surface area contributed by atoms with Crippen molar-refractivity contribution < 1.29 is 19.1 Å². The molecule has 0 unspecified atom stereocenters. The Morgan fingerprint density at radius 1 is 1.12 bits per heavy atom. The van der Waals surface area contributed by atoms with Crippen LogP contribution in [0.2, 0.25) is 0 Å². The molecule has 1 aliphatic rings. The molecule has 1 heterocycles. The Hall–Kier alpha value is -2.31. The van der Waals surface area contributed by atoms with Crippen molar-refractivity contribution in [1.29, 1.82) is 0 Å². The van der Waals surface area contributed by atoms with Crippen molar-refractivity contribution in [3.8, 4) is 5.75 Å². The van der Waals surface area contributed by atoms with Crippen molar-refractivity contribution in [2.45, 2.75) is 13.3 Å². The summed E-state index contributed by atoms with van der Waals surface area (Å²) in [6.45, 7) is 3.43. The van der Waals surface area contributed by atoms with Gasteiger partial charge in [0.2, 0.25) is 0 Å². The molecule has 0 bridgehead atoms. The van der Waals surface area contributed by atoms with E-state index in [9.17, 15) is 9.59 Å². The Morgan fingerprint density at radius 3 is 2.62 bits per heavy atom. The Balaban J connectivity index is 1.92. The third kappa shape index (κ3) is 3.76. The standard InChI is InChI=1S/C20H21NO4S/c1-3-25-17-10-9-14(15-7-4-5-8-16(15)17)13-18-19(22)21(20(23)26-18)11-6-12-24-2/h4-5,7-10,13H,3,6,11-12H2,1-2H3/b18-13+. The average Bonchev–Trinajstić information content (AvgIpc) is 2.91. The van der Waals surface area contributed by atoms with Gasteiger partial charge in [0.15, 0.2) is 0 Å². The third-order valence-corrected chi connectivity index (χ3v) is 5.02. The first kappa shape index (κ1) is 18.5. The number of rotatable bonds is 7. The van der Waals surface area contributed by atoms with Gasteiger partial charge in [-0.25, -0.2) is 0 Å². The van der Waals surface area contributed by atoms with Crippen molar-refractivity contribution in [2.75, 3.05) is 26.9 Å². The zero-order chi connectivity index (χ0) is 18.5. The number of amides is 2. The SMILES string of the molecule is CCOc1ccc(/C=C2/SC(=O)N(CCCOC)C2=O)c2ccccc12. The molecule has 1 fully saturated rings. The summed E-state index contributed by atoms with van der Waals surface area (Å²) in [5, 5.41) is 1.75. The highest BCUT2D eigenvalue weighted by atomic mass is 32.2. The van der Waals surface area contributed by atoms with Crippen molar-refractivity contribution in [3.05, 3.63) is 46.9 Å². The zero-order valence-corrected chi connectivity index (χ0v) is 15.7. The van der Waals surface area contributed by atoms with Crippen LogP contribution in [0.4, 0.5) is 4.79 Å². The van der Waals surface area contributed by atoms with Crippen LogP contribution in [0.5, 0.6) is 5.75 Å². The van der Waals surface area contributed by atoms with Crippen LogP contribution in [0, 0.1) is 0 Å². The van der Waals surface area contributed by atoms with Gasteiger partial charge in [-0.2, -0.15) is 0 Å². The fourth-order valence-corrected chi connectivity index (χ4v) is 3.76. The molecule has 0 aromatic heterocycles.